The summed E-state index contributed by atoms with van der Waals surface area (Å²) in [5, 5.41) is 3.18. The van der Waals surface area contributed by atoms with Gasteiger partial charge in [0.1, 0.15) is 6.04 Å². The van der Waals surface area contributed by atoms with Gasteiger partial charge >= 0.3 is 0 Å². The maximum absolute atomic E-state index is 12.3. The van der Waals surface area contributed by atoms with Crippen LogP contribution in [0.25, 0.3) is 0 Å². The van der Waals surface area contributed by atoms with Crippen LogP contribution < -0.4 is 10.2 Å². The van der Waals surface area contributed by atoms with E-state index in [2.05, 4.69) is 10.2 Å². The number of carbonyl (C=O) groups is 2. The van der Waals surface area contributed by atoms with Crippen LogP contribution in [0.1, 0.15) is 20.3 Å². The molecular formula is C17H23N3O3. The smallest absolute Gasteiger partial charge is 0.252 e. The fourth-order valence-electron chi connectivity index (χ4n) is 3.10. The van der Waals surface area contributed by atoms with E-state index >= 15 is 0 Å². The third-order valence-electron chi connectivity index (χ3n) is 4.28. The molecule has 0 aliphatic carbocycles. The third-order valence-corrected chi connectivity index (χ3v) is 4.28. The molecule has 124 valence electrons. The standard InChI is InChI=1S/C17H23N3O3/c1-12(2)20-16(21)11-15(17(20)22)18-13-3-5-14(6-4-13)19-7-9-23-10-8-19/h3-6,12,15,18H,7-11H2,1-2H3/t15-/m0/s1. The Morgan fingerprint density at radius 2 is 1.78 bits per heavy atom. The van der Waals surface area contributed by atoms with Gasteiger partial charge in [0.05, 0.1) is 19.6 Å². The van der Waals surface area contributed by atoms with E-state index < -0.39 is 6.04 Å². The Bertz CT molecular complexity index is 579. The monoisotopic (exact) mass is 317 g/mol. The van der Waals surface area contributed by atoms with Crippen molar-refractivity contribution < 1.29 is 14.3 Å². The van der Waals surface area contributed by atoms with Gasteiger partial charge in [0.25, 0.3) is 5.91 Å². The molecule has 1 atom stereocenters. The molecule has 0 radical (unpaired) electrons. The Kier molecular flexibility index (Phi) is 4.52. The van der Waals surface area contributed by atoms with Crippen LogP contribution in [0.4, 0.5) is 11.4 Å². The van der Waals surface area contributed by atoms with E-state index in [9.17, 15) is 9.59 Å². The summed E-state index contributed by atoms with van der Waals surface area (Å²) in [6, 6.07) is 7.44. The Morgan fingerprint density at radius 1 is 1.13 bits per heavy atom. The fourth-order valence-corrected chi connectivity index (χ4v) is 3.10. The van der Waals surface area contributed by atoms with Crippen LogP contribution in [-0.4, -0.2) is 55.1 Å². The molecule has 2 saturated heterocycles. The number of anilines is 2. The molecule has 1 N–H and O–H groups in total. The van der Waals surface area contributed by atoms with Crippen molar-refractivity contribution in [2.45, 2.75) is 32.4 Å². The number of ether oxygens (including phenoxy) is 1. The van der Waals surface area contributed by atoms with Gasteiger partial charge in [0, 0.05) is 30.5 Å². The molecule has 1 aromatic rings. The number of amides is 2. The molecule has 2 heterocycles. The van der Waals surface area contributed by atoms with E-state index in [0.717, 1.165) is 37.7 Å². The highest BCUT2D eigenvalue weighted by molar-refractivity contribution is 6.07. The molecule has 2 fully saturated rings. The van der Waals surface area contributed by atoms with Crippen LogP contribution in [0.5, 0.6) is 0 Å². The van der Waals surface area contributed by atoms with Gasteiger partial charge in [-0.1, -0.05) is 0 Å². The summed E-state index contributed by atoms with van der Waals surface area (Å²) in [6.45, 7) is 7.01. The minimum atomic E-state index is -0.459. The average Bonchev–Trinajstić information content (AvgIpc) is 2.83. The van der Waals surface area contributed by atoms with Crippen LogP contribution in [-0.2, 0) is 14.3 Å². The van der Waals surface area contributed by atoms with Gasteiger partial charge in [0.15, 0.2) is 0 Å². The lowest BCUT2D eigenvalue weighted by Crippen LogP contribution is -2.39. The minimum Gasteiger partial charge on any atom is -0.378 e. The Labute approximate surface area is 136 Å². The van der Waals surface area contributed by atoms with Crippen molar-refractivity contribution >= 4 is 23.2 Å². The van der Waals surface area contributed by atoms with Crippen molar-refractivity contribution in [3.63, 3.8) is 0 Å². The number of imide groups is 1. The number of likely N-dealkylation sites (tertiary alicyclic amines) is 1. The quantitative estimate of drug-likeness (QED) is 0.852. The number of morpholine rings is 1. The first-order chi connectivity index (χ1) is 11.1. The normalized spacial score (nSPS) is 22.1. The van der Waals surface area contributed by atoms with Crippen LogP contribution >= 0.6 is 0 Å². The zero-order valence-corrected chi connectivity index (χ0v) is 13.6. The molecule has 2 amide bonds. The lowest BCUT2D eigenvalue weighted by Gasteiger charge is -2.29. The summed E-state index contributed by atoms with van der Waals surface area (Å²) in [6.07, 6.45) is 0.224. The molecule has 0 bridgehead atoms. The van der Waals surface area contributed by atoms with Gasteiger partial charge in [-0.2, -0.15) is 0 Å². The van der Waals surface area contributed by atoms with Gasteiger partial charge in [-0.3, -0.25) is 14.5 Å². The summed E-state index contributed by atoms with van der Waals surface area (Å²) in [5.74, 6) is -0.241. The van der Waals surface area contributed by atoms with Gasteiger partial charge in [-0.05, 0) is 38.1 Å². The molecule has 6 heteroatoms. The van der Waals surface area contributed by atoms with E-state index in [1.54, 1.807) is 0 Å². The Hall–Kier alpha value is -2.08. The predicted molar refractivity (Wildman–Crippen MR) is 88.5 cm³/mol. The Balaban J connectivity index is 1.64. The Morgan fingerprint density at radius 3 is 2.35 bits per heavy atom. The van der Waals surface area contributed by atoms with Crippen molar-refractivity contribution in [1.29, 1.82) is 0 Å². The molecule has 2 aliphatic heterocycles. The predicted octanol–water partition coefficient (Wildman–Crippen LogP) is 1.47. The first-order valence-electron chi connectivity index (χ1n) is 8.11. The van der Waals surface area contributed by atoms with Crippen molar-refractivity contribution in [2.24, 2.45) is 0 Å². The zero-order valence-electron chi connectivity index (χ0n) is 13.6. The second kappa shape index (κ2) is 6.58. The molecule has 0 unspecified atom stereocenters. The first-order valence-corrected chi connectivity index (χ1v) is 8.11. The number of carbonyl (C=O) groups excluding carboxylic acids is 2. The van der Waals surface area contributed by atoms with E-state index in [-0.39, 0.29) is 24.3 Å². The van der Waals surface area contributed by atoms with E-state index in [1.165, 1.54) is 4.90 Å². The average molecular weight is 317 g/mol. The van der Waals surface area contributed by atoms with Crippen LogP contribution in [0.2, 0.25) is 0 Å². The summed E-state index contributed by atoms with van der Waals surface area (Å²) < 4.78 is 5.36. The summed E-state index contributed by atoms with van der Waals surface area (Å²) in [4.78, 5) is 27.9. The molecule has 23 heavy (non-hydrogen) atoms. The van der Waals surface area contributed by atoms with Crippen LogP contribution in [0, 0.1) is 0 Å². The molecule has 6 nitrogen and oxygen atoms in total. The number of rotatable bonds is 4. The molecule has 0 aromatic heterocycles. The number of nitrogens with zero attached hydrogens (tertiary/aromatic N) is 2. The summed E-state index contributed by atoms with van der Waals surface area (Å²) >= 11 is 0. The third kappa shape index (κ3) is 3.32. The van der Waals surface area contributed by atoms with Crippen molar-refractivity contribution in [3.05, 3.63) is 24.3 Å². The number of nitrogens with one attached hydrogen (secondary N) is 1. The van der Waals surface area contributed by atoms with Crippen LogP contribution in [0.15, 0.2) is 24.3 Å². The van der Waals surface area contributed by atoms with Crippen molar-refractivity contribution in [1.82, 2.24) is 4.90 Å². The second-order valence-corrected chi connectivity index (χ2v) is 6.24. The van der Waals surface area contributed by atoms with Gasteiger partial charge in [-0.25, -0.2) is 0 Å². The highest BCUT2D eigenvalue weighted by Gasteiger charge is 2.39. The topological polar surface area (TPSA) is 61.9 Å². The number of hydrogen-bond donors (Lipinski definition) is 1. The molecule has 3 rings (SSSR count). The fraction of sp³-hybridized carbons (Fsp3) is 0.529. The SMILES string of the molecule is CC(C)N1C(=O)C[C@H](Nc2ccc(N3CCOCC3)cc2)C1=O. The maximum Gasteiger partial charge on any atom is 0.252 e. The highest BCUT2D eigenvalue weighted by atomic mass is 16.5. The molecule has 0 saturated carbocycles. The van der Waals surface area contributed by atoms with E-state index in [0.29, 0.717) is 0 Å². The summed E-state index contributed by atoms with van der Waals surface area (Å²) in [7, 11) is 0. The van der Waals surface area contributed by atoms with Crippen molar-refractivity contribution in [3.8, 4) is 0 Å². The summed E-state index contributed by atoms with van der Waals surface area (Å²) in [5.41, 5.74) is 2.01. The second-order valence-electron chi connectivity index (χ2n) is 6.24. The minimum absolute atomic E-state index is 0.0921. The number of hydrogen-bond acceptors (Lipinski definition) is 5. The molecule has 0 spiro atoms. The zero-order chi connectivity index (χ0) is 16.4. The molecule has 2 aliphatic rings. The largest absolute Gasteiger partial charge is 0.378 e. The lowest BCUT2D eigenvalue weighted by atomic mass is 10.2. The number of benzene rings is 1. The van der Waals surface area contributed by atoms with Crippen LogP contribution in [0.3, 0.4) is 0 Å². The van der Waals surface area contributed by atoms with Gasteiger partial charge < -0.3 is 15.0 Å². The van der Waals surface area contributed by atoms with Crippen molar-refractivity contribution in [2.75, 3.05) is 36.5 Å². The molecular weight excluding hydrogens is 294 g/mol. The molecule has 1 aromatic carbocycles. The maximum atomic E-state index is 12.3. The first kappa shape index (κ1) is 15.8. The van der Waals surface area contributed by atoms with E-state index in [4.69, 9.17) is 4.74 Å². The van der Waals surface area contributed by atoms with Gasteiger partial charge in [-0.15, -0.1) is 0 Å². The van der Waals surface area contributed by atoms with Gasteiger partial charge in [0.2, 0.25) is 5.91 Å². The lowest BCUT2D eigenvalue weighted by molar-refractivity contribution is -0.140. The van der Waals surface area contributed by atoms with E-state index in [1.807, 2.05) is 38.1 Å². The highest BCUT2D eigenvalue weighted by Crippen LogP contribution is 2.23.